The summed E-state index contributed by atoms with van der Waals surface area (Å²) in [7, 11) is 1.29. The molecule has 0 bridgehead atoms. The first-order valence-electron chi connectivity index (χ1n) is 7.95. The number of carbonyl (C=O) groups excluding carboxylic acids is 2. The number of esters is 2. The van der Waals surface area contributed by atoms with Gasteiger partial charge in [0, 0.05) is 23.9 Å². The van der Waals surface area contributed by atoms with E-state index in [1.807, 2.05) is 27.7 Å². The van der Waals surface area contributed by atoms with E-state index in [-0.39, 0.29) is 6.10 Å². The van der Waals surface area contributed by atoms with E-state index in [1.165, 1.54) is 18.2 Å². The quantitative estimate of drug-likeness (QED) is 0.856. The number of carbonyl (C=O) groups is 2. The molecule has 1 fully saturated rings. The van der Waals surface area contributed by atoms with Crippen molar-refractivity contribution in [2.24, 2.45) is 0 Å². The number of piperidine rings is 1. The third-order valence-corrected chi connectivity index (χ3v) is 4.39. The van der Waals surface area contributed by atoms with Crippen LogP contribution in [0.2, 0.25) is 0 Å². The molecule has 0 aliphatic carbocycles. The minimum atomic E-state index is -0.500. The molecule has 0 spiro atoms. The zero-order valence-corrected chi connectivity index (χ0v) is 14.8. The number of hydrogen-bond acceptors (Lipinski definition) is 6. The van der Waals surface area contributed by atoms with Crippen LogP contribution in [0.25, 0.3) is 0 Å². The lowest BCUT2D eigenvalue weighted by molar-refractivity contribution is -0.256. The average Bonchev–Trinajstić information content (AvgIpc) is 2.51. The zero-order valence-electron chi connectivity index (χ0n) is 14.8. The van der Waals surface area contributed by atoms with Crippen molar-refractivity contribution in [2.45, 2.75) is 57.7 Å². The molecular weight excluding hydrogens is 310 g/mol. The van der Waals surface area contributed by atoms with E-state index in [0.717, 1.165) is 0 Å². The van der Waals surface area contributed by atoms with Crippen molar-refractivity contribution in [3.63, 3.8) is 0 Å². The summed E-state index contributed by atoms with van der Waals surface area (Å²) in [4.78, 5) is 24.0. The number of ether oxygens (including phenoxy) is 2. The predicted octanol–water partition coefficient (Wildman–Crippen LogP) is 3.04. The summed E-state index contributed by atoms with van der Waals surface area (Å²) in [6.45, 7) is 7.64. The molecule has 6 heteroatoms. The van der Waals surface area contributed by atoms with Crippen LogP contribution in [0.4, 0.5) is 0 Å². The number of nitrogens with zero attached hydrogens (tertiary/aromatic N) is 1. The molecule has 0 radical (unpaired) electrons. The van der Waals surface area contributed by atoms with Gasteiger partial charge < -0.3 is 14.7 Å². The van der Waals surface area contributed by atoms with Crippen LogP contribution < -0.4 is 0 Å². The molecule has 1 aromatic rings. The van der Waals surface area contributed by atoms with E-state index in [2.05, 4.69) is 4.74 Å². The first-order chi connectivity index (χ1) is 11.1. The monoisotopic (exact) mass is 335 g/mol. The highest BCUT2D eigenvalue weighted by molar-refractivity contribution is 5.95. The van der Waals surface area contributed by atoms with E-state index < -0.39 is 23.0 Å². The van der Waals surface area contributed by atoms with Crippen LogP contribution in [0.3, 0.4) is 0 Å². The molecule has 0 unspecified atom stereocenters. The second-order valence-corrected chi connectivity index (χ2v) is 7.44. The Bertz CT molecular complexity index is 620. The van der Waals surface area contributed by atoms with Crippen molar-refractivity contribution in [3.8, 4) is 0 Å². The van der Waals surface area contributed by atoms with Gasteiger partial charge >= 0.3 is 11.9 Å². The van der Waals surface area contributed by atoms with E-state index in [9.17, 15) is 14.8 Å². The van der Waals surface area contributed by atoms with Gasteiger partial charge in [-0.3, -0.25) is 0 Å². The molecule has 0 saturated carbocycles. The fourth-order valence-electron chi connectivity index (χ4n) is 3.37. The summed E-state index contributed by atoms with van der Waals surface area (Å²) in [5.74, 6) is -0.982. The summed E-state index contributed by atoms with van der Waals surface area (Å²) in [6.07, 6.45) is 0.734. The lowest BCUT2D eigenvalue weighted by Crippen LogP contribution is -2.60. The summed E-state index contributed by atoms with van der Waals surface area (Å²) in [5, 5.41) is 11.6. The summed E-state index contributed by atoms with van der Waals surface area (Å²) >= 11 is 0. The highest BCUT2D eigenvalue weighted by Crippen LogP contribution is 2.38. The molecule has 1 saturated heterocycles. The van der Waals surface area contributed by atoms with Crippen molar-refractivity contribution in [1.82, 2.24) is 5.06 Å². The highest BCUT2D eigenvalue weighted by Gasteiger charge is 2.46. The molecule has 1 N–H and O–H groups in total. The van der Waals surface area contributed by atoms with E-state index in [0.29, 0.717) is 24.0 Å². The Morgan fingerprint density at radius 1 is 1.08 bits per heavy atom. The maximum absolute atomic E-state index is 12.4. The summed E-state index contributed by atoms with van der Waals surface area (Å²) in [5.41, 5.74) is -0.390. The van der Waals surface area contributed by atoms with Crippen molar-refractivity contribution < 1.29 is 24.3 Å². The van der Waals surface area contributed by atoms with Gasteiger partial charge in [0.15, 0.2) is 0 Å². The molecule has 0 atom stereocenters. The van der Waals surface area contributed by atoms with Gasteiger partial charge in [-0.2, -0.15) is 5.06 Å². The third-order valence-electron chi connectivity index (χ3n) is 4.39. The van der Waals surface area contributed by atoms with Crippen LogP contribution >= 0.6 is 0 Å². The zero-order chi connectivity index (χ0) is 18.1. The van der Waals surface area contributed by atoms with E-state index in [1.54, 1.807) is 18.2 Å². The first-order valence-corrected chi connectivity index (χ1v) is 7.95. The van der Waals surface area contributed by atoms with Gasteiger partial charge in [-0.05, 0) is 45.9 Å². The number of methoxy groups -OCH3 is 1. The Hall–Kier alpha value is -1.92. The van der Waals surface area contributed by atoms with Gasteiger partial charge in [-0.1, -0.05) is 6.07 Å². The third kappa shape index (κ3) is 3.76. The molecular formula is C18H25NO5. The molecule has 24 heavy (non-hydrogen) atoms. The van der Waals surface area contributed by atoms with E-state index >= 15 is 0 Å². The van der Waals surface area contributed by atoms with Gasteiger partial charge in [0.1, 0.15) is 6.10 Å². The molecule has 1 aliphatic heterocycles. The molecule has 2 rings (SSSR count). The second kappa shape index (κ2) is 6.53. The fourth-order valence-corrected chi connectivity index (χ4v) is 3.37. The van der Waals surface area contributed by atoms with Crippen LogP contribution in [0.5, 0.6) is 0 Å². The average molecular weight is 335 g/mol. The van der Waals surface area contributed by atoms with E-state index in [4.69, 9.17) is 4.74 Å². The van der Waals surface area contributed by atoms with Gasteiger partial charge in [-0.25, -0.2) is 9.59 Å². The molecule has 0 amide bonds. The van der Waals surface area contributed by atoms with Crippen molar-refractivity contribution in [1.29, 1.82) is 0 Å². The minimum Gasteiger partial charge on any atom is -0.465 e. The smallest absolute Gasteiger partial charge is 0.338 e. The first kappa shape index (κ1) is 18.4. The highest BCUT2D eigenvalue weighted by atomic mass is 16.5. The Morgan fingerprint density at radius 2 is 1.58 bits per heavy atom. The Balaban J connectivity index is 2.14. The Kier molecular flexibility index (Phi) is 5.01. The SMILES string of the molecule is COC(=O)c1cccc(C(=O)OC2CC(C)(C)N(O)C(C)(C)C2)c1. The molecule has 1 aromatic carbocycles. The molecule has 1 aliphatic rings. The van der Waals surface area contributed by atoms with Crippen LogP contribution in [-0.2, 0) is 9.47 Å². The lowest BCUT2D eigenvalue weighted by atomic mass is 9.80. The van der Waals surface area contributed by atoms with Crippen LogP contribution in [-0.4, -0.2) is 46.5 Å². The number of rotatable bonds is 3. The maximum atomic E-state index is 12.4. The van der Waals surface area contributed by atoms with Crippen LogP contribution in [0, 0.1) is 0 Å². The lowest BCUT2D eigenvalue weighted by Gasteiger charge is -2.50. The Morgan fingerprint density at radius 3 is 2.08 bits per heavy atom. The number of benzene rings is 1. The summed E-state index contributed by atoms with van der Waals surface area (Å²) < 4.78 is 10.3. The number of hydroxylamine groups is 2. The predicted molar refractivity (Wildman–Crippen MR) is 88.0 cm³/mol. The van der Waals surface area contributed by atoms with Gasteiger partial charge in [0.25, 0.3) is 0 Å². The maximum Gasteiger partial charge on any atom is 0.338 e. The van der Waals surface area contributed by atoms with Crippen LogP contribution in [0.15, 0.2) is 24.3 Å². The molecule has 0 aromatic heterocycles. The normalized spacial score (nSPS) is 20.4. The molecule has 132 valence electrons. The minimum absolute atomic E-state index is 0.304. The van der Waals surface area contributed by atoms with Crippen molar-refractivity contribution in [3.05, 3.63) is 35.4 Å². The van der Waals surface area contributed by atoms with Gasteiger partial charge in [-0.15, -0.1) is 0 Å². The van der Waals surface area contributed by atoms with Crippen molar-refractivity contribution >= 4 is 11.9 Å². The molecule has 6 nitrogen and oxygen atoms in total. The topological polar surface area (TPSA) is 76.1 Å². The summed E-state index contributed by atoms with van der Waals surface area (Å²) in [6, 6.07) is 6.27. The fraction of sp³-hybridized carbons (Fsp3) is 0.556. The van der Waals surface area contributed by atoms with Crippen LogP contribution in [0.1, 0.15) is 61.3 Å². The van der Waals surface area contributed by atoms with Crippen molar-refractivity contribution in [2.75, 3.05) is 7.11 Å². The second-order valence-electron chi connectivity index (χ2n) is 7.44. The largest absolute Gasteiger partial charge is 0.465 e. The van der Waals surface area contributed by atoms with Gasteiger partial charge in [0.05, 0.1) is 18.2 Å². The van der Waals surface area contributed by atoms with Gasteiger partial charge in [0.2, 0.25) is 0 Å². The molecule has 1 heterocycles. The standard InChI is InChI=1S/C18H25NO5/c1-17(2)10-14(11-18(3,4)19(17)22)24-16(21)13-8-6-7-12(9-13)15(20)23-5/h6-9,14,22H,10-11H2,1-5H3. The Labute approximate surface area is 142 Å². The number of hydrogen-bond donors (Lipinski definition) is 1.